The first-order valence-corrected chi connectivity index (χ1v) is 11.8. The van der Waals surface area contributed by atoms with Crippen LogP contribution in [0.4, 0.5) is 0 Å². The number of likely N-dealkylation sites (N-methyl/N-ethyl adjacent to an activating group) is 2. The lowest BCUT2D eigenvalue weighted by Gasteiger charge is -2.21. The van der Waals surface area contributed by atoms with Gasteiger partial charge in [0.2, 0.25) is 0 Å². The van der Waals surface area contributed by atoms with E-state index in [4.69, 9.17) is 0 Å². The van der Waals surface area contributed by atoms with Crippen LogP contribution in [0, 0.1) is 0 Å². The summed E-state index contributed by atoms with van der Waals surface area (Å²) < 4.78 is 0. The van der Waals surface area contributed by atoms with Gasteiger partial charge < -0.3 is 0 Å². The molecule has 0 amide bonds. The van der Waals surface area contributed by atoms with E-state index in [9.17, 15) is 9.59 Å². The van der Waals surface area contributed by atoms with Crippen LogP contribution in [0.15, 0.2) is 42.9 Å². The third-order valence-corrected chi connectivity index (χ3v) is 4.35. The minimum atomic E-state index is -0.177. The molecule has 2 aromatic rings. The second kappa shape index (κ2) is 19.1. The fourth-order valence-electron chi connectivity index (χ4n) is 3.15. The molecule has 2 atom stereocenters. The zero-order valence-corrected chi connectivity index (χ0v) is 22.7. The highest BCUT2D eigenvalue weighted by Gasteiger charge is 2.19. The van der Waals surface area contributed by atoms with Crippen molar-refractivity contribution < 1.29 is 9.59 Å². The van der Waals surface area contributed by atoms with Gasteiger partial charge in [-0.05, 0) is 77.8 Å². The first kappa shape index (κ1) is 32.7. The molecule has 0 spiro atoms. The van der Waals surface area contributed by atoms with Crippen LogP contribution in [0.1, 0.15) is 83.8 Å². The number of aromatic nitrogens is 2. The van der Waals surface area contributed by atoms with E-state index in [-0.39, 0.29) is 23.7 Å². The molecule has 6 heteroatoms. The Balaban J connectivity index is 0. The van der Waals surface area contributed by atoms with Gasteiger partial charge in [0.1, 0.15) is 0 Å². The van der Waals surface area contributed by atoms with E-state index in [0.717, 1.165) is 23.2 Å². The Kier molecular flexibility index (Phi) is 18.9. The average molecular weight is 459 g/mol. The van der Waals surface area contributed by atoms with Crippen molar-refractivity contribution in [3.8, 4) is 0 Å². The number of pyridine rings is 2. The Morgan fingerprint density at radius 2 is 1.21 bits per heavy atom. The largest absolute Gasteiger partial charge is 0.298 e. The second-order valence-corrected chi connectivity index (χ2v) is 7.88. The molecular formula is C27H46N4O2. The standard InChI is InChI=1S/C12H18N2O.C10H14N2O.C3H8.C2H6/c1-5-11-7-6-10(8-13-11)12(9(2)15)14(3)4;1-8(13)10(12(2)3)9-4-6-11-7-5-9;1-3-2;1-2/h6-8,12H,5H2,1-4H3;4-7,10H,1-3H3;3H2,1-2H3;1-2H3. The number of nitrogens with zero attached hydrogens (tertiary/aromatic N) is 4. The van der Waals surface area contributed by atoms with Crippen LogP contribution in [0.25, 0.3) is 0 Å². The first-order valence-electron chi connectivity index (χ1n) is 11.8. The zero-order valence-electron chi connectivity index (χ0n) is 22.7. The van der Waals surface area contributed by atoms with Crippen LogP contribution in [0.3, 0.4) is 0 Å². The van der Waals surface area contributed by atoms with Gasteiger partial charge in [-0.15, -0.1) is 0 Å². The fourth-order valence-corrected chi connectivity index (χ4v) is 3.15. The van der Waals surface area contributed by atoms with E-state index in [0.29, 0.717) is 0 Å². The van der Waals surface area contributed by atoms with Gasteiger partial charge in [0.05, 0.1) is 12.1 Å². The topological polar surface area (TPSA) is 66.4 Å². The van der Waals surface area contributed by atoms with Crippen molar-refractivity contribution in [3.05, 3.63) is 59.7 Å². The van der Waals surface area contributed by atoms with Crippen LogP contribution < -0.4 is 0 Å². The van der Waals surface area contributed by atoms with Gasteiger partial charge in [-0.2, -0.15) is 0 Å². The number of hydrogen-bond acceptors (Lipinski definition) is 6. The van der Waals surface area contributed by atoms with E-state index in [1.807, 2.05) is 76.1 Å². The summed E-state index contributed by atoms with van der Waals surface area (Å²) in [5.74, 6) is 0.294. The molecule has 0 saturated carbocycles. The van der Waals surface area contributed by atoms with Crippen LogP contribution >= 0.6 is 0 Å². The van der Waals surface area contributed by atoms with Crippen molar-refractivity contribution in [2.75, 3.05) is 28.2 Å². The van der Waals surface area contributed by atoms with Crippen LogP contribution in [-0.4, -0.2) is 59.5 Å². The molecule has 2 heterocycles. The summed E-state index contributed by atoms with van der Waals surface area (Å²) in [6, 6.07) is 7.37. The van der Waals surface area contributed by atoms with E-state index in [1.54, 1.807) is 32.4 Å². The molecule has 6 nitrogen and oxygen atoms in total. The zero-order chi connectivity index (χ0) is 26.0. The molecule has 2 aromatic heterocycles. The highest BCUT2D eigenvalue weighted by Crippen LogP contribution is 2.19. The number of carbonyl (C=O) groups excluding carboxylic acids is 2. The molecule has 0 radical (unpaired) electrons. The van der Waals surface area contributed by atoms with Crippen molar-refractivity contribution >= 4 is 11.6 Å². The molecule has 186 valence electrons. The molecule has 0 saturated heterocycles. The molecule has 2 rings (SSSR count). The molecule has 0 aliphatic carbocycles. The molecule has 0 aliphatic rings. The third-order valence-electron chi connectivity index (χ3n) is 4.35. The minimum Gasteiger partial charge on any atom is -0.298 e. The Bertz CT molecular complexity index is 759. The summed E-state index contributed by atoms with van der Waals surface area (Å²) >= 11 is 0. The van der Waals surface area contributed by atoms with E-state index < -0.39 is 0 Å². The lowest BCUT2D eigenvalue weighted by atomic mass is 10.0. The van der Waals surface area contributed by atoms with Gasteiger partial charge in [0, 0.05) is 24.3 Å². The Morgan fingerprint density at radius 1 is 0.788 bits per heavy atom. The fraction of sp³-hybridized carbons (Fsp3) is 0.556. The van der Waals surface area contributed by atoms with E-state index in [1.165, 1.54) is 6.42 Å². The van der Waals surface area contributed by atoms with Crippen molar-refractivity contribution in [1.29, 1.82) is 0 Å². The number of carbonyl (C=O) groups is 2. The van der Waals surface area contributed by atoms with Gasteiger partial charge in [-0.25, -0.2) is 0 Å². The number of rotatable bonds is 7. The maximum atomic E-state index is 11.5. The highest BCUT2D eigenvalue weighted by molar-refractivity contribution is 5.83. The Hall–Kier alpha value is -2.44. The monoisotopic (exact) mass is 458 g/mol. The van der Waals surface area contributed by atoms with Crippen LogP contribution in [-0.2, 0) is 16.0 Å². The maximum absolute atomic E-state index is 11.5. The van der Waals surface area contributed by atoms with Crippen molar-refractivity contribution in [1.82, 2.24) is 19.8 Å². The smallest absolute Gasteiger partial charge is 0.151 e. The van der Waals surface area contributed by atoms with Crippen molar-refractivity contribution in [2.24, 2.45) is 0 Å². The Morgan fingerprint density at radius 3 is 1.52 bits per heavy atom. The maximum Gasteiger partial charge on any atom is 0.151 e. The lowest BCUT2D eigenvalue weighted by molar-refractivity contribution is -0.122. The molecule has 33 heavy (non-hydrogen) atoms. The molecule has 0 N–H and O–H groups in total. The summed E-state index contributed by atoms with van der Waals surface area (Å²) in [6.07, 6.45) is 7.38. The highest BCUT2D eigenvalue weighted by atomic mass is 16.1. The van der Waals surface area contributed by atoms with Gasteiger partial charge >= 0.3 is 0 Å². The molecule has 0 aliphatic heterocycles. The normalized spacial score (nSPS) is 11.7. The van der Waals surface area contributed by atoms with Crippen molar-refractivity contribution in [2.45, 2.75) is 73.4 Å². The van der Waals surface area contributed by atoms with Crippen LogP contribution in [0.2, 0.25) is 0 Å². The summed E-state index contributed by atoms with van der Waals surface area (Å²) in [6.45, 7) is 13.5. The van der Waals surface area contributed by atoms with E-state index in [2.05, 4.69) is 30.7 Å². The first-order chi connectivity index (χ1) is 15.6. The van der Waals surface area contributed by atoms with Gasteiger partial charge in [-0.3, -0.25) is 29.4 Å². The lowest BCUT2D eigenvalue weighted by Crippen LogP contribution is -2.26. The summed E-state index contributed by atoms with van der Waals surface area (Å²) in [5.41, 5.74) is 3.01. The summed E-state index contributed by atoms with van der Waals surface area (Å²) in [7, 11) is 7.60. The summed E-state index contributed by atoms with van der Waals surface area (Å²) in [5, 5.41) is 0. The summed E-state index contributed by atoms with van der Waals surface area (Å²) in [4.78, 5) is 34.8. The SMILES string of the molecule is CC.CC(=O)C(c1ccncc1)N(C)C.CCC.CCc1ccc(C(C(C)=O)N(C)C)cn1. The Labute approximate surface area is 202 Å². The van der Waals surface area contributed by atoms with Gasteiger partial charge in [0.15, 0.2) is 11.6 Å². The van der Waals surface area contributed by atoms with Crippen molar-refractivity contribution in [3.63, 3.8) is 0 Å². The molecule has 2 unspecified atom stereocenters. The number of hydrogen-bond donors (Lipinski definition) is 0. The average Bonchev–Trinajstić information content (AvgIpc) is 2.76. The number of aryl methyl sites for hydroxylation is 1. The molecule has 0 aromatic carbocycles. The predicted octanol–water partition coefficient (Wildman–Crippen LogP) is 5.55. The predicted molar refractivity (Wildman–Crippen MR) is 139 cm³/mol. The second-order valence-electron chi connectivity index (χ2n) is 7.88. The van der Waals surface area contributed by atoms with E-state index >= 15 is 0 Å². The molecule has 0 fully saturated rings. The molecule has 0 bridgehead atoms. The molecular weight excluding hydrogens is 412 g/mol. The van der Waals surface area contributed by atoms with Gasteiger partial charge in [-0.1, -0.05) is 47.1 Å². The van der Waals surface area contributed by atoms with Crippen LogP contribution in [0.5, 0.6) is 0 Å². The van der Waals surface area contributed by atoms with Gasteiger partial charge in [0.25, 0.3) is 0 Å². The number of ketones is 2. The minimum absolute atomic E-state index is 0.144. The quantitative estimate of drug-likeness (QED) is 0.542. The number of Topliss-reactive ketones (excluding diaryl/α,β-unsaturated/α-hetero) is 2. The third kappa shape index (κ3) is 13.0.